The average Bonchev–Trinajstić information content (AvgIpc) is 2.30. The fourth-order valence-corrected chi connectivity index (χ4v) is 2.43. The molecule has 90 valence electrons. The average molecular weight is 261 g/mol. The van der Waals surface area contributed by atoms with E-state index in [0.717, 1.165) is 25.6 Å². The van der Waals surface area contributed by atoms with Crippen LogP contribution in [0.2, 0.25) is 5.02 Å². The van der Waals surface area contributed by atoms with E-state index in [4.69, 9.17) is 20.6 Å². The summed E-state index contributed by atoms with van der Waals surface area (Å²) in [5.74, 6) is 0.716. The first-order valence-corrected chi connectivity index (χ1v) is 7.35. The van der Waals surface area contributed by atoms with Gasteiger partial charge in [0, 0.05) is 6.16 Å². The van der Waals surface area contributed by atoms with Crippen molar-refractivity contribution < 1.29 is 9.05 Å². The quantitative estimate of drug-likeness (QED) is 0.514. The van der Waals surface area contributed by atoms with Crippen molar-refractivity contribution >= 4 is 20.0 Å². The molecule has 0 aromatic heterocycles. The van der Waals surface area contributed by atoms with Crippen molar-refractivity contribution in [1.82, 2.24) is 0 Å². The molecular weight excluding hydrogens is 243 g/mol. The molecule has 1 unspecified atom stereocenters. The molecule has 2 nitrogen and oxygen atoms in total. The largest absolute Gasteiger partial charge is 0.446 e. The van der Waals surface area contributed by atoms with Gasteiger partial charge >= 0.3 is 0 Å². The third-order valence-corrected chi connectivity index (χ3v) is 3.73. The van der Waals surface area contributed by atoms with Gasteiger partial charge in [0.2, 0.25) is 8.38 Å². The van der Waals surface area contributed by atoms with Crippen LogP contribution in [-0.2, 0) is 4.52 Å². The maximum Gasteiger partial charge on any atom is 0.229 e. The number of halogens is 1. The molecule has 0 N–H and O–H groups in total. The van der Waals surface area contributed by atoms with Gasteiger partial charge in [0.05, 0.1) is 11.6 Å². The summed E-state index contributed by atoms with van der Waals surface area (Å²) in [5, 5.41) is 0.641. The highest BCUT2D eigenvalue weighted by Crippen LogP contribution is 2.41. The molecule has 1 aromatic carbocycles. The second-order valence-corrected chi connectivity index (χ2v) is 5.50. The molecule has 0 saturated carbocycles. The fourth-order valence-electron chi connectivity index (χ4n) is 1.12. The van der Waals surface area contributed by atoms with Crippen molar-refractivity contribution in [3.05, 3.63) is 29.3 Å². The van der Waals surface area contributed by atoms with Gasteiger partial charge in [0.15, 0.2) is 0 Å². The molecule has 4 heteroatoms. The molecule has 0 fully saturated rings. The molecule has 0 saturated heterocycles. The summed E-state index contributed by atoms with van der Waals surface area (Å²) < 4.78 is 11.4. The van der Waals surface area contributed by atoms with Crippen LogP contribution >= 0.6 is 20.0 Å². The van der Waals surface area contributed by atoms with Gasteiger partial charge in [-0.25, -0.2) is 0 Å². The van der Waals surface area contributed by atoms with Crippen LogP contribution in [0.3, 0.4) is 0 Å². The highest BCUT2D eigenvalue weighted by molar-refractivity contribution is 7.47. The van der Waals surface area contributed by atoms with Crippen molar-refractivity contribution in [3.8, 4) is 5.75 Å². The lowest BCUT2D eigenvalue weighted by Crippen LogP contribution is -1.97. The summed E-state index contributed by atoms with van der Waals surface area (Å²) >= 11 is 6.02. The first-order chi connectivity index (χ1) is 7.77. The van der Waals surface area contributed by atoms with Crippen molar-refractivity contribution in [2.45, 2.75) is 26.7 Å². The number of hydrogen-bond acceptors (Lipinski definition) is 2. The smallest absolute Gasteiger partial charge is 0.229 e. The van der Waals surface area contributed by atoms with E-state index in [2.05, 4.69) is 13.8 Å². The molecule has 0 radical (unpaired) electrons. The van der Waals surface area contributed by atoms with Crippen LogP contribution in [0.4, 0.5) is 0 Å². The molecule has 0 bridgehead atoms. The Kier molecular flexibility index (Phi) is 6.79. The number of benzene rings is 1. The van der Waals surface area contributed by atoms with Crippen molar-refractivity contribution in [3.63, 3.8) is 0 Å². The normalized spacial score (nSPS) is 12.4. The van der Waals surface area contributed by atoms with Gasteiger partial charge in [-0.1, -0.05) is 44.0 Å². The Labute approximate surface area is 104 Å². The Morgan fingerprint density at radius 1 is 1.25 bits per heavy atom. The van der Waals surface area contributed by atoms with E-state index in [1.54, 1.807) is 0 Å². The van der Waals surface area contributed by atoms with Crippen LogP contribution in [-0.4, -0.2) is 12.8 Å². The SMILES string of the molecule is CCCCOP(CC)Oc1ccccc1Cl. The van der Waals surface area contributed by atoms with Crippen LogP contribution in [0, 0.1) is 0 Å². The second kappa shape index (κ2) is 7.89. The summed E-state index contributed by atoms with van der Waals surface area (Å²) in [6, 6.07) is 7.50. The highest BCUT2D eigenvalue weighted by atomic mass is 35.5. The lowest BCUT2D eigenvalue weighted by Gasteiger charge is -2.17. The third kappa shape index (κ3) is 4.69. The summed E-state index contributed by atoms with van der Waals surface area (Å²) in [6.45, 7) is 4.97. The molecule has 0 aliphatic heterocycles. The molecular formula is C12H18ClO2P. The summed E-state index contributed by atoms with van der Waals surface area (Å²) in [7, 11) is -0.847. The Bertz CT molecular complexity index is 307. The van der Waals surface area contributed by atoms with Gasteiger partial charge in [-0.2, -0.15) is 0 Å². The second-order valence-electron chi connectivity index (χ2n) is 3.36. The van der Waals surface area contributed by atoms with E-state index in [9.17, 15) is 0 Å². The van der Waals surface area contributed by atoms with Gasteiger partial charge in [0.25, 0.3) is 0 Å². The Morgan fingerprint density at radius 2 is 2.00 bits per heavy atom. The summed E-state index contributed by atoms with van der Waals surface area (Å²) in [4.78, 5) is 0. The minimum absolute atomic E-state index is 0.641. The number of para-hydroxylation sites is 1. The van der Waals surface area contributed by atoms with E-state index in [-0.39, 0.29) is 0 Å². The summed E-state index contributed by atoms with van der Waals surface area (Å²) in [5.41, 5.74) is 0. The van der Waals surface area contributed by atoms with E-state index in [1.807, 2.05) is 24.3 Å². The molecule has 1 aromatic rings. The standard InChI is InChI=1S/C12H18ClO2P/c1-3-5-10-14-16(4-2)15-12-9-7-6-8-11(12)13/h6-9H,3-5,10H2,1-2H3. The van der Waals surface area contributed by atoms with Crippen molar-refractivity contribution in [1.29, 1.82) is 0 Å². The Hall–Kier alpha value is -0.300. The van der Waals surface area contributed by atoms with Crippen LogP contribution in [0.25, 0.3) is 0 Å². The number of rotatable bonds is 7. The fraction of sp³-hybridized carbons (Fsp3) is 0.500. The van der Waals surface area contributed by atoms with Gasteiger partial charge in [-0.05, 0) is 18.6 Å². The predicted octanol–water partition coefficient (Wildman–Crippen LogP) is 4.87. The van der Waals surface area contributed by atoms with Crippen molar-refractivity contribution in [2.75, 3.05) is 12.8 Å². The van der Waals surface area contributed by atoms with E-state index in [1.165, 1.54) is 0 Å². The topological polar surface area (TPSA) is 18.5 Å². The van der Waals surface area contributed by atoms with E-state index in [0.29, 0.717) is 10.8 Å². The van der Waals surface area contributed by atoms with Crippen LogP contribution in [0.1, 0.15) is 26.7 Å². The first kappa shape index (κ1) is 13.8. The van der Waals surface area contributed by atoms with Crippen LogP contribution in [0.15, 0.2) is 24.3 Å². The molecule has 0 spiro atoms. The van der Waals surface area contributed by atoms with Crippen LogP contribution in [0.5, 0.6) is 5.75 Å². The number of hydrogen-bond donors (Lipinski definition) is 0. The maximum absolute atomic E-state index is 6.02. The van der Waals surface area contributed by atoms with E-state index < -0.39 is 8.38 Å². The molecule has 0 amide bonds. The molecule has 16 heavy (non-hydrogen) atoms. The Balaban J connectivity index is 2.46. The lowest BCUT2D eigenvalue weighted by atomic mass is 10.3. The first-order valence-electron chi connectivity index (χ1n) is 5.60. The van der Waals surface area contributed by atoms with Gasteiger partial charge in [-0.3, -0.25) is 0 Å². The monoisotopic (exact) mass is 260 g/mol. The molecule has 1 rings (SSSR count). The Morgan fingerprint density at radius 3 is 2.62 bits per heavy atom. The van der Waals surface area contributed by atoms with Gasteiger partial charge < -0.3 is 9.05 Å². The third-order valence-electron chi connectivity index (χ3n) is 2.03. The molecule has 1 atom stereocenters. The number of unbranched alkanes of at least 4 members (excludes halogenated alkanes) is 1. The van der Waals surface area contributed by atoms with Gasteiger partial charge in [-0.15, -0.1) is 0 Å². The zero-order valence-corrected chi connectivity index (χ0v) is 11.4. The minimum Gasteiger partial charge on any atom is -0.446 e. The summed E-state index contributed by atoms with van der Waals surface area (Å²) in [6.07, 6.45) is 3.09. The van der Waals surface area contributed by atoms with Gasteiger partial charge in [0.1, 0.15) is 5.75 Å². The molecule has 0 aliphatic carbocycles. The highest BCUT2D eigenvalue weighted by Gasteiger charge is 2.11. The van der Waals surface area contributed by atoms with E-state index >= 15 is 0 Å². The predicted molar refractivity (Wildman–Crippen MR) is 70.4 cm³/mol. The van der Waals surface area contributed by atoms with Crippen LogP contribution < -0.4 is 4.52 Å². The lowest BCUT2D eigenvalue weighted by molar-refractivity contribution is 0.307. The maximum atomic E-state index is 6.02. The molecule has 0 heterocycles. The zero-order valence-electron chi connectivity index (χ0n) is 9.78. The zero-order chi connectivity index (χ0) is 11.8. The van der Waals surface area contributed by atoms with Crippen molar-refractivity contribution in [2.24, 2.45) is 0 Å². The molecule has 0 aliphatic rings. The minimum atomic E-state index is -0.847.